The van der Waals surface area contributed by atoms with Crippen molar-refractivity contribution in [3.8, 4) is 5.75 Å². The van der Waals surface area contributed by atoms with Gasteiger partial charge in [0.1, 0.15) is 5.75 Å². The number of hydrogen-bond acceptors (Lipinski definition) is 6. The molecule has 0 aliphatic carbocycles. The Morgan fingerprint density at radius 1 is 1.00 bits per heavy atom. The molecule has 70 valence electrons. The van der Waals surface area contributed by atoms with Gasteiger partial charge in [0.25, 0.3) is 0 Å². The topological polar surface area (TPSA) is 9.23 Å². The Kier molecular flexibility index (Phi) is 3.98. The molecule has 0 unspecified atom stereocenters. The summed E-state index contributed by atoms with van der Waals surface area (Å²) in [4.78, 5) is 2.63. The predicted molar refractivity (Wildman–Crippen MR) is 67.5 cm³/mol. The van der Waals surface area contributed by atoms with Crippen LogP contribution < -0.4 is 4.74 Å². The molecule has 0 radical (unpaired) electrons. The summed E-state index contributed by atoms with van der Waals surface area (Å²) in [6.45, 7) is 0. The second kappa shape index (κ2) is 5.02. The van der Waals surface area contributed by atoms with Gasteiger partial charge in [-0.2, -0.15) is 0 Å². The number of benzene rings is 1. The van der Waals surface area contributed by atoms with Gasteiger partial charge in [-0.3, -0.25) is 0 Å². The van der Waals surface area contributed by atoms with Crippen LogP contribution in [0.1, 0.15) is 0 Å². The Balaban J connectivity index is 2.32. The van der Waals surface area contributed by atoms with Crippen LogP contribution >= 0.6 is 51.1 Å². The van der Waals surface area contributed by atoms with Crippen molar-refractivity contribution < 1.29 is 4.74 Å². The summed E-state index contributed by atoms with van der Waals surface area (Å²) in [5, 5.41) is 0. The Morgan fingerprint density at radius 2 is 1.77 bits per heavy atom. The number of methoxy groups -OCH3 is 1. The van der Waals surface area contributed by atoms with Crippen molar-refractivity contribution in [1.29, 1.82) is 0 Å². The van der Waals surface area contributed by atoms with Gasteiger partial charge in [0.15, 0.2) is 0 Å². The SMILES string of the molecule is COc1ccc2c(c1)SSSSS2. The minimum absolute atomic E-state index is 0.935. The highest BCUT2D eigenvalue weighted by atomic mass is 33.8. The van der Waals surface area contributed by atoms with Crippen molar-refractivity contribution in [3.05, 3.63) is 18.2 Å². The summed E-state index contributed by atoms with van der Waals surface area (Å²) < 4.78 is 5.18. The average Bonchev–Trinajstić information content (AvgIpc) is 2.41. The van der Waals surface area contributed by atoms with Crippen molar-refractivity contribution in [3.63, 3.8) is 0 Å². The fourth-order valence-electron chi connectivity index (χ4n) is 0.862. The fraction of sp³-hybridized carbons (Fsp3) is 0.143. The van der Waals surface area contributed by atoms with E-state index in [1.54, 1.807) is 47.4 Å². The first-order valence-electron chi connectivity index (χ1n) is 3.43. The standard InChI is InChI=1S/C7H6OS5/c1-8-5-2-3-6-7(4-5)10-12-13-11-9-6/h2-4H,1H3. The lowest BCUT2D eigenvalue weighted by molar-refractivity contribution is 0.413. The third kappa shape index (κ3) is 2.62. The van der Waals surface area contributed by atoms with Crippen molar-refractivity contribution in [2.45, 2.75) is 9.79 Å². The highest BCUT2D eigenvalue weighted by Crippen LogP contribution is 2.59. The molecule has 1 nitrogen and oxygen atoms in total. The fourth-order valence-corrected chi connectivity index (χ4v) is 9.73. The minimum atomic E-state index is 0.935. The summed E-state index contributed by atoms with van der Waals surface area (Å²) in [7, 11) is 10.7. The average molecular weight is 266 g/mol. The van der Waals surface area contributed by atoms with E-state index in [1.165, 1.54) is 9.79 Å². The molecule has 1 aliphatic heterocycles. The van der Waals surface area contributed by atoms with E-state index >= 15 is 0 Å². The minimum Gasteiger partial charge on any atom is -0.497 e. The molecular weight excluding hydrogens is 260 g/mol. The van der Waals surface area contributed by atoms with Crippen LogP contribution in [0.4, 0.5) is 0 Å². The van der Waals surface area contributed by atoms with Gasteiger partial charge in [-0.15, -0.1) is 0 Å². The van der Waals surface area contributed by atoms with Gasteiger partial charge in [0.05, 0.1) is 7.11 Å². The van der Waals surface area contributed by atoms with E-state index in [1.807, 2.05) is 16.9 Å². The number of rotatable bonds is 1. The van der Waals surface area contributed by atoms with Crippen molar-refractivity contribution in [2.75, 3.05) is 7.11 Å². The molecule has 0 fully saturated rings. The van der Waals surface area contributed by atoms with Crippen LogP contribution in [0.2, 0.25) is 0 Å². The Bertz CT molecular complexity index is 303. The largest absolute Gasteiger partial charge is 0.497 e. The molecule has 13 heavy (non-hydrogen) atoms. The summed E-state index contributed by atoms with van der Waals surface area (Å²) in [6, 6.07) is 6.21. The molecule has 0 saturated heterocycles. The van der Waals surface area contributed by atoms with Crippen molar-refractivity contribution >= 4 is 51.1 Å². The Morgan fingerprint density at radius 3 is 2.54 bits per heavy atom. The molecule has 6 heteroatoms. The van der Waals surface area contributed by atoms with Crippen LogP contribution in [0.25, 0.3) is 0 Å². The van der Waals surface area contributed by atoms with Crippen LogP contribution in [0, 0.1) is 0 Å². The lowest BCUT2D eigenvalue weighted by atomic mass is 10.3. The second-order valence-electron chi connectivity index (χ2n) is 2.18. The normalized spacial score (nSPS) is 16.1. The zero-order chi connectivity index (χ0) is 9.10. The van der Waals surface area contributed by atoms with E-state index in [0.29, 0.717) is 0 Å². The summed E-state index contributed by atoms with van der Waals surface area (Å²) in [5.74, 6) is 0.935. The van der Waals surface area contributed by atoms with E-state index in [9.17, 15) is 0 Å². The summed E-state index contributed by atoms with van der Waals surface area (Å²) in [5.41, 5.74) is 0. The molecule has 0 bridgehead atoms. The molecule has 1 heterocycles. The smallest absolute Gasteiger partial charge is 0.120 e. The van der Waals surface area contributed by atoms with Gasteiger partial charge in [0.2, 0.25) is 0 Å². The van der Waals surface area contributed by atoms with E-state index in [0.717, 1.165) is 5.75 Å². The van der Waals surface area contributed by atoms with Crippen molar-refractivity contribution in [2.24, 2.45) is 0 Å². The maximum atomic E-state index is 5.18. The Labute approximate surface area is 96.1 Å². The van der Waals surface area contributed by atoms with Crippen molar-refractivity contribution in [1.82, 2.24) is 0 Å². The van der Waals surface area contributed by atoms with Gasteiger partial charge < -0.3 is 4.74 Å². The lowest BCUT2D eigenvalue weighted by Gasteiger charge is -2.04. The molecule has 0 spiro atoms. The van der Waals surface area contributed by atoms with Crippen LogP contribution in [0.3, 0.4) is 0 Å². The van der Waals surface area contributed by atoms with Crippen LogP contribution in [0.5, 0.6) is 5.75 Å². The Hall–Kier alpha value is 0.770. The lowest BCUT2D eigenvalue weighted by Crippen LogP contribution is -1.83. The monoisotopic (exact) mass is 266 g/mol. The molecule has 1 aromatic rings. The predicted octanol–water partition coefficient (Wildman–Crippen LogP) is 4.75. The molecule has 0 atom stereocenters. The van der Waals surface area contributed by atoms with Gasteiger partial charge in [-0.1, -0.05) is 0 Å². The molecule has 1 aliphatic rings. The zero-order valence-corrected chi connectivity index (χ0v) is 10.8. The first-order valence-corrected chi connectivity index (χ1v) is 9.58. The third-order valence-electron chi connectivity index (χ3n) is 1.45. The molecule has 2 rings (SSSR count). The molecular formula is C7H6OS5. The summed E-state index contributed by atoms with van der Waals surface area (Å²) >= 11 is 0. The number of hydrogen-bond donors (Lipinski definition) is 0. The van der Waals surface area contributed by atoms with E-state index in [-0.39, 0.29) is 0 Å². The molecule has 1 aromatic carbocycles. The molecule has 0 aromatic heterocycles. The van der Waals surface area contributed by atoms with Gasteiger partial charge in [-0.05, 0) is 69.3 Å². The highest BCUT2D eigenvalue weighted by molar-refractivity contribution is 9.36. The van der Waals surface area contributed by atoms with E-state index in [4.69, 9.17) is 4.74 Å². The zero-order valence-electron chi connectivity index (χ0n) is 6.68. The van der Waals surface area contributed by atoms with Crippen LogP contribution in [-0.2, 0) is 0 Å². The van der Waals surface area contributed by atoms with Crippen LogP contribution in [0.15, 0.2) is 28.0 Å². The third-order valence-corrected chi connectivity index (χ3v) is 9.93. The molecule has 0 N–H and O–H groups in total. The molecule has 0 amide bonds. The maximum absolute atomic E-state index is 5.18. The van der Waals surface area contributed by atoms with Gasteiger partial charge in [-0.25, -0.2) is 0 Å². The number of ether oxygens (including phenoxy) is 1. The molecule has 0 saturated carbocycles. The van der Waals surface area contributed by atoms with Gasteiger partial charge in [0, 0.05) is 9.79 Å². The maximum Gasteiger partial charge on any atom is 0.120 e. The summed E-state index contributed by atoms with van der Waals surface area (Å²) in [6.07, 6.45) is 0. The van der Waals surface area contributed by atoms with Gasteiger partial charge >= 0.3 is 0 Å². The second-order valence-corrected chi connectivity index (χ2v) is 9.70. The highest BCUT2D eigenvalue weighted by Gasteiger charge is 2.11. The number of fused-ring (bicyclic) bond motifs is 1. The van der Waals surface area contributed by atoms with E-state index < -0.39 is 0 Å². The first-order chi connectivity index (χ1) is 6.40. The first kappa shape index (κ1) is 10.3. The quantitative estimate of drug-likeness (QED) is 0.673. The van der Waals surface area contributed by atoms with Crippen LogP contribution in [-0.4, -0.2) is 7.11 Å². The van der Waals surface area contributed by atoms with E-state index in [2.05, 4.69) is 12.1 Å².